The van der Waals surface area contributed by atoms with Crippen LogP contribution in [0.4, 0.5) is 0 Å². The third-order valence-electron chi connectivity index (χ3n) is 2.84. The molecule has 1 aromatic heterocycles. The van der Waals surface area contributed by atoms with Crippen LogP contribution < -0.4 is 5.32 Å². The molecular weight excluding hydrogens is 316 g/mol. The Morgan fingerprint density at radius 1 is 1.37 bits per heavy atom. The van der Waals surface area contributed by atoms with E-state index in [1.807, 2.05) is 0 Å². The predicted molar refractivity (Wildman–Crippen MR) is 70.7 cm³/mol. The Labute approximate surface area is 119 Å². The van der Waals surface area contributed by atoms with Crippen molar-refractivity contribution >= 4 is 27.7 Å². The lowest BCUT2D eigenvalue weighted by Gasteiger charge is -2.29. The van der Waals surface area contributed by atoms with Crippen LogP contribution in [0.1, 0.15) is 17.5 Å². The van der Waals surface area contributed by atoms with Crippen molar-refractivity contribution in [2.24, 2.45) is 0 Å². The lowest BCUT2D eigenvalue weighted by molar-refractivity contribution is -0.136. The van der Waals surface area contributed by atoms with Crippen LogP contribution in [0, 0.1) is 0 Å². The molecule has 7 heteroatoms. The van der Waals surface area contributed by atoms with Crippen molar-refractivity contribution in [1.29, 1.82) is 0 Å². The molecule has 1 fully saturated rings. The molecule has 1 aromatic rings. The van der Waals surface area contributed by atoms with Crippen LogP contribution >= 0.6 is 15.9 Å². The van der Waals surface area contributed by atoms with Crippen molar-refractivity contribution in [3.05, 3.63) is 22.6 Å². The molecule has 0 radical (unpaired) electrons. The molecule has 0 spiro atoms. The Morgan fingerprint density at radius 3 is 2.63 bits per heavy atom. The zero-order valence-corrected chi connectivity index (χ0v) is 12.1. The van der Waals surface area contributed by atoms with Crippen molar-refractivity contribution in [2.75, 3.05) is 26.3 Å². The van der Waals surface area contributed by atoms with Gasteiger partial charge in [0.1, 0.15) is 6.04 Å². The Hall–Kier alpha value is -1.34. The van der Waals surface area contributed by atoms with E-state index in [4.69, 9.17) is 9.15 Å². The van der Waals surface area contributed by atoms with Crippen LogP contribution in [-0.4, -0.2) is 49.1 Å². The lowest BCUT2D eigenvalue weighted by Crippen LogP contribution is -2.50. The number of amides is 2. The topological polar surface area (TPSA) is 71.8 Å². The standard InChI is InChI=1S/C12H15BrN2O4/c1-8(12(17)15-4-6-18-7-5-15)14-11(16)9-2-3-10(13)19-9/h2-3,8H,4-7H2,1H3,(H,14,16). The summed E-state index contributed by atoms with van der Waals surface area (Å²) in [4.78, 5) is 25.6. The molecule has 1 unspecified atom stereocenters. The van der Waals surface area contributed by atoms with Crippen molar-refractivity contribution in [2.45, 2.75) is 13.0 Å². The highest BCUT2D eigenvalue weighted by Gasteiger charge is 2.24. The van der Waals surface area contributed by atoms with Gasteiger partial charge in [0, 0.05) is 13.1 Å². The van der Waals surface area contributed by atoms with E-state index in [0.29, 0.717) is 31.0 Å². The van der Waals surface area contributed by atoms with Gasteiger partial charge in [-0.15, -0.1) is 0 Å². The fourth-order valence-corrected chi connectivity index (χ4v) is 2.13. The van der Waals surface area contributed by atoms with Crippen molar-refractivity contribution in [3.63, 3.8) is 0 Å². The summed E-state index contributed by atoms with van der Waals surface area (Å²) in [6.45, 7) is 3.86. The number of ether oxygens (including phenoxy) is 1. The van der Waals surface area contributed by atoms with Gasteiger partial charge < -0.3 is 19.4 Å². The van der Waals surface area contributed by atoms with Crippen LogP contribution in [0.15, 0.2) is 21.2 Å². The van der Waals surface area contributed by atoms with Gasteiger partial charge in [-0.05, 0) is 35.0 Å². The van der Waals surface area contributed by atoms with Crippen LogP contribution in [0.2, 0.25) is 0 Å². The first-order valence-corrected chi connectivity index (χ1v) is 6.80. The molecule has 1 aliphatic heterocycles. The second kappa shape index (κ2) is 6.21. The fourth-order valence-electron chi connectivity index (χ4n) is 1.82. The first-order valence-electron chi connectivity index (χ1n) is 6.00. The first kappa shape index (κ1) is 14.1. The third kappa shape index (κ3) is 3.57. The Kier molecular flexibility index (Phi) is 4.60. The average molecular weight is 331 g/mol. The van der Waals surface area contributed by atoms with E-state index in [1.165, 1.54) is 0 Å². The van der Waals surface area contributed by atoms with E-state index in [-0.39, 0.29) is 11.7 Å². The molecule has 2 amide bonds. The summed E-state index contributed by atoms with van der Waals surface area (Å²) in [5, 5.41) is 2.62. The molecule has 0 saturated carbocycles. The van der Waals surface area contributed by atoms with Gasteiger partial charge in [0.2, 0.25) is 5.91 Å². The minimum Gasteiger partial charge on any atom is -0.444 e. The number of carbonyl (C=O) groups excluding carboxylic acids is 2. The Morgan fingerprint density at radius 2 is 2.05 bits per heavy atom. The molecule has 19 heavy (non-hydrogen) atoms. The van der Waals surface area contributed by atoms with Gasteiger partial charge in [0.05, 0.1) is 13.2 Å². The highest BCUT2D eigenvalue weighted by molar-refractivity contribution is 9.10. The normalized spacial score (nSPS) is 17.1. The second-order valence-electron chi connectivity index (χ2n) is 4.24. The molecule has 2 rings (SSSR count). The van der Waals surface area contributed by atoms with Crippen molar-refractivity contribution < 1.29 is 18.7 Å². The molecule has 1 aliphatic rings. The molecule has 2 heterocycles. The molecular formula is C12H15BrN2O4. The summed E-state index contributed by atoms with van der Waals surface area (Å²) >= 11 is 3.12. The highest BCUT2D eigenvalue weighted by Crippen LogP contribution is 2.14. The lowest BCUT2D eigenvalue weighted by atomic mass is 10.2. The summed E-state index contributed by atoms with van der Waals surface area (Å²) in [6, 6.07) is 2.59. The van der Waals surface area contributed by atoms with Crippen LogP contribution in [0.3, 0.4) is 0 Å². The number of carbonyl (C=O) groups is 2. The average Bonchev–Trinajstić information content (AvgIpc) is 2.85. The zero-order valence-electron chi connectivity index (χ0n) is 10.5. The number of furan rings is 1. The number of rotatable bonds is 3. The molecule has 0 aliphatic carbocycles. The summed E-state index contributed by atoms with van der Waals surface area (Å²) in [5.41, 5.74) is 0. The van der Waals surface area contributed by atoms with Gasteiger partial charge in [-0.1, -0.05) is 0 Å². The maximum Gasteiger partial charge on any atom is 0.287 e. The molecule has 0 aromatic carbocycles. The Bertz CT molecular complexity index is 468. The van der Waals surface area contributed by atoms with Gasteiger partial charge in [0.25, 0.3) is 5.91 Å². The van der Waals surface area contributed by atoms with E-state index in [1.54, 1.807) is 24.0 Å². The summed E-state index contributed by atoms with van der Waals surface area (Å²) in [5.74, 6) is -0.337. The number of hydrogen-bond acceptors (Lipinski definition) is 4. The maximum atomic E-state index is 12.1. The fraction of sp³-hybridized carbons (Fsp3) is 0.500. The predicted octanol–water partition coefficient (Wildman–Crippen LogP) is 1.02. The second-order valence-corrected chi connectivity index (χ2v) is 5.02. The maximum absolute atomic E-state index is 12.1. The minimum atomic E-state index is -0.588. The molecule has 6 nitrogen and oxygen atoms in total. The summed E-state index contributed by atoms with van der Waals surface area (Å²) in [6.07, 6.45) is 0. The number of nitrogens with one attached hydrogen (secondary N) is 1. The molecule has 0 bridgehead atoms. The van der Waals surface area contributed by atoms with E-state index in [9.17, 15) is 9.59 Å². The quantitative estimate of drug-likeness (QED) is 0.898. The number of hydrogen-bond donors (Lipinski definition) is 1. The van der Waals surface area contributed by atoms with Gasteiger partial charge in [0.15, 0.2) is 10.4 Å². The number of halogens is 1. The van der Waals surface area contributed by atoms with E-state index >= 15 is 0 Å². The van der Waals surface area contributed by atoms with Gasteiger partial charge in [-0.2, -0.15) is 0 Å². The van der Waals surface area contributed by atoms with Gasteiger partial charge in [-0.25, -0.2) is 0 Å². The van der Waals surface area contributed by atoms with Crippen molar-refractivity contribution in [1.82, 2.24) is 10.2 Å². The van der Waals surface area contributed by atoms with Crippen LogP contribution in [-0.2, 0) is 9.53 Å². The molecule has 1 atom stereocenters. The van der Waals surface area contributed by atoms with Crippen molar-refractivity contribution in [3.8, 4) is 0 Å². The molecule has 1 N–H and O–H groups in total. The minimum absolute atomic E-state index is 0.109. The monoisotopic (exact) mass is 330 g/mol. The van der Waals surface area contributed by atoms with Crippen LogP contribution in [0.5, 0.6) is 0 Å². The summed E-state index contributed by atoms with van der Waals surface area (Å²) < 4.78 is 10.8. The number of morpholine rings is 1. The van der Waals surface area contributed by atoms with Gasteiger partial charge in [-0.3, -0.25) is 9.59 Å². The van der Waals surface area contributed by atoms with E-state index < -0.39 is 11.9 Å². The molecule has 104 valence electrons. The largest absolute Gasteiger partial charge is 0.444 e. The zero-order chi connectivity index (χ0) is 13.8. The third-order valence-corrected chi connectivity index (χ3v) is 3.26. The first-order chi connectivity index (χ1) is 9.08. The smallest absolute Gasteiger partial charge is 0.287 e. The highest BCUT2D eigenvalue weighted by atomic mass is 79.9. The van der Waals surface area contributed by atoms with E-state index in [0.717, 1.165) is 0 Å². The number of nitrogens with zero attached hydrogens (tertiary/aromatic N) is 1. The Balaban J connectivity index is 1.91. The van der Waals surface area contributed by atoms with Gasteiger partial charge >= 0.3 is 0 Å². The summed E-state index contributed by atoms with van der Waals surface area (Å²) in [7, 11) is 0. The molecule has 1 saturated heterocycles. The SMILES string of the molecule is CC(NC(=O)c1ccc(Br)o1)C(=O)N1CCOCC1. The van der Waals surface area contributed by atoms with E-state index in [2.05, 4.69) is 21.2 Å². The van der Waals surface area contributed by atoms with Crippen LogP contribution in [0.25, 0.3) is 0 Å².